The molecule has 0 saturated heterocycles. The van der Waals surface area contributed by atoms with Gasteiger partial charge in [-0.25, -0.2) is 4.98 Å². The molecule has 0 aliphatic heterocycles. The van der Waals surface area contributed by atoms with Gasteiger partial charge in [0.05, 0.1) is 7.11 Å². The molecule has 0 amide bonds. The van der Waals surface area contributed by atoms with Crippen LogP contribution in [-0.2, 0) is 5.60 Å². The Labute approximate surface area is 233 Å². The Morgan fingerprint density at radius 2 is 1.57 bits per heavy atom. The van der Waals surface area contributed by atoms with Gasteiger partial charge < -0.3 is 14.7 Å². The van der Waals surface area contributed by atoms with Gasteiger partial charge in [-0.3, -0.25) is 0 Å². The minimum Gasteiger partial charge on any atom is -0.481 e. The molecule has 0 spiro atoms. The van der Waals surface area contributed by atoms with E-state index in [2.05, 4.69) is 4.98 Å². The van der Waals surface area contributed by atoms with Gasteiger partial charge in [0.1, 0.15) is 5.60 Å². The molecule has 2 unspecified atom stereocenters. The van der Waals surface area contributed by atoms with Gasteiger partial charge in [0.15, 0.2) is 0 Å². The molecule has 4 nitrogen and oxygen atoms in total. The van der Waals surface area contributed by atoms with Crippen molar-refractivity contribution < 1.29 is 9.84 Å². The van der Waals surface area contributed by atoms with Crippen LogP contribution in [-0.4, -0.2) is 42.7 Å². The highest BCUT2D eigenvalue weighted by Gasteiger charge is 2.43. The molecule has 2 atom stereocenters. The lowest BCUT2D eigenvalue weighted by Gasteiger charge is -2.39. The minimum absolute atomic E-state index is 0.383. The van der Waals surface area contributed by atoms with Crippen molar-refractivity contribution >= 4 is 34.8 Å². The summed E-state index contributed by atoms with van der Waals surface area (Å²) in [5.74, 6) is -0.146. The molecule has 1 N–H and O–H groups in total. The Balaban J connectivity index is 2.01. The maximum Gasteiger partial charge on any atom is 0.217 e. The van der Waals surface area contributed by atoms with E-state index in [-0.39, 0.29) is 0 Å². The summed E-state index contributed by atoms with van der Waals surface area (Å²) in [4.78, 5) is 6.68. The summed E-state index contributed by atoms with van der Waals surface area (Å²) in [5.41, 5.74) is 2.56. The number of hydrogen-bond donors (Lipinski definition) is 1. The largest absolute Gasteiger partial charge is 0.481 e. The minimum atomic E-state index is -1.44. The first-order chi connectivity index (χ1) is 17.7. The average Bonchev–Trinajstić information content (AvgIpc) is 2.90. The normalized spacial score (nSPS) is 13.8. The SMILES string of the molecule is COc1ncc(-c2ccc(Cl)cc2)cc1C(c1ccccc1)C(O)(CCN(C)C)c1cc(Cl)ccc1Cl. The smallest absolute Gasteiger partial charge is 0.217 e. The van der Waals surface area contributed by atoms with E-state index in [0.717, 1.165) is 22.3 Å². The fraction of sp³-hybridized carbons (Fsp3) is 0.233. The quantitative estimate of drug-likeness (QED) is 0.230. The van der Waals surface area contributed by atoms with Crippen molar-refractivity contribution in [1.29, 1.82) is 0 Å². The van der Waals surface area contributed by atoms with Gasteiger partial charge in [0, 0.05) is 50.4 Å². The first-order valence-electron chi connectivity index (χ1n) is 11.9. The van der Waals surface area contributed by atoms with Gasteiger partial charge in [0.2, 0.25) is 5.88 Å². The first kappa shape index (κ1) is 27.4. The van der Waals surface area contributed by atoms with Crippen LogP contribution >= 0.6 is 34.8 Å². The van der Waals surface area contributed by atoms with E-state index in [1.807, 2.05) is 79.7 Å². The van der Waals surface area contributed by atoms with Crippen LogP contribution in [0.25, 0.3) is 11.1 Å². The van der Waals surface area contributed by atoms with E-state index in [9.17, 15) is 5.11 Å². The van der Waals surface area contributed by atoms with Gasteiger partial charge in [-0.2, -0.15) is 0 Å². The molecule has 7 heteroatoms. The monoisotopic (exact) mass is 554 g/mol. The predicted molar refractivity (Wildman–Crippen MR) is 153 cm³/mol. The number of ether oxygens (including phenoxy) is 1. The van der Waals surface area contributed by atoms with Crippen molar-refractivity contribution in [3.63, 3.8) is 0 Å². The van der Waals surface area contributed by atoms with Gasteiger partial charge >= 0.3 is 0 Å². The molecule has 192 valence electrons. The Bertz CT molecular complexity index is 1350. The maximum atomic E-state index is 12.8. The topological polar surface area (TPSA) is 45.6 Å². The zero-order valence-corrected chi connectivity index (χ0v) is 23.2. The number of rotatable bonds is 9. The highest BCUT2D eigenvalue weighted by molar-refractivity contribution is 6.33. The number of aromatic nitrogens is 1. The van der Waals surface area contributed by atoms with Crippen LogP contribution in [0.1, 0.15) is 29.0 Å². The number of halogens is 3. The van der Waals surface area contributed by atoms with Crippen LogP contribution in [0, 0.1) is 0 Å². The standard InChI is InChI=1S/C30H29Cl3N2O2/c1-35(2)16-15-30(36,26-18-24(32)13-14-27(26)33)28(21-7-5-4-6-8-21)25-17-22(19-34-29(25)37-3)20-9-11-23(31)12-10-20/h4-14,17-19,28,36H,15-16H2,1-3H3. The van der Waals surface area contributed by atoms with Crippen LogP contribution < -0.4 is 4.74 Å². The number of benzene rings is 3. The Morgan fingerprint density at radius 1 is 0.892 bits per heavy atom. The second-order valence-electron chi connectivity index (χ2n) is 9.27. The molecule has 1 heterocycles. The zero-order chi connectivity index (χ0) is 26.6. The second-order valence-corrected chi connectivity index (χ2v) is 10.6. The lowest BCUT2D eigenvalue weighted by molar-refractivity contribution is 0.00387. The average molecular weight is 556 g/mol. The van der Waals surface area contributed by atoms with E-state index in [4.69, 9.17) is 39.5 Å². The predicted octanol–water partition coefficient (Wildman–Crippen LogP) is 7.69. The summed E-state index contributed by atoms with van der Waals surface area (Å²) in [6.45, 7) is 0.606. The van der Waals surface area contributed by atoms with Gasteiger partial charge in [-0.1, -0.05) is 77.3 Å². The molecule has 3 aromatic carbocycles. The summed E-state index contributed by atoms with van der Waals surface area (Å²) in [6, 6.07) is 24.6. The Kier molecular flexibility index (Phi) is 8.79. The Morgan fingerprint density at radius 3 is 2.22 bits per heavy atom. The number of methoxy groups -OCH3 is 1. The van der Waals surface area contributed by atoms with E-state index in [1.165, 1.54) is 0 Å². The Hall–Kier alpha value is -2.60. The van der Waals surface area contributed by atoms with Gasteiger partial charge in [0.25, 0.3) is 0 Å². The van der Waals surface area contributed by atoms with Crippen molar-refractivity contribution in [3.8, 4) is 17.0 Å². The van der Waals surface area contributed by atoms with E-state index < -0.39 is 11.5 Å². The fourth-order valence-electron chi connectivity index (χ4n) is 4.66. The van der Waals surface area contributed by atoms with E-state index in [0.29, 0.717) is 39.5 Å². The molecule has 4 rings (SSSR count). The maximum absolute atomic E-state index is 12.8. The molecule has 37 heavy (non-hydrogen) atoms. The molecule has 4 aromatic rings. The van der Waals surface area contributed by atoms with E-state index in [1.54, 1.807) is 31.5 Å². The van der Waals surface area contributed by atoms with Crippen LogP contribution in [0.3, 0.4) is 0 Å². The lowest BCUT2D eigenvalue weighted by atomic mass is 9.71. The molecule has 0 saturated carbocycles. The van der Waals surface area contributed by atoms with E-state index >= 15 is 0 Å². The molecule has 0 bridgehead atoms. The first-order valence-corrected chi connectivity index (χ1v) is 13.0. The highest BCUT2D eigenvalue weighted by atomic mass is 35.5. The van der Waals surface area contributed by atoms with Gasteiger partial charge in [-0.05, 0) is 68.0 Å². The third-order valence-corrected chi connectivity index (χ3v) is 7.32. The fourth-order valence-corrected chi connectivity index (χ4v) is 5.24. The van der Waals surface area contributed by atoms with Crippen LogP contribution in [0.15, 0.2) is 85.1 Å². The number of nitrogens with zero attached hydrogens (tertiary/aromatic N) is 2. The molecule has 0 fully saturated rings. The van der Waals surface area contributed by atoms with Crippen molar-refractivity contribution in [3.05, 3.63) is 117 Å². The summed E-state index contributed by atoms with van der Waals surface area (Å²) in [5, 5.41) is 14.3. The zero-order valence-electron chi connectivity index (χ0n) is 21.0. The molecule has 0 aliphatic carbocycles. The van der Waals surface area contributed by atoms with Crippen LogP contribution in [0.2, 0.25) is 15.1 Å². The van der Waals surface area contributed by atoms with Crippen LogP contribution in [0.5, 0.6) is 5.88 Å². The van der Waals surface area contributed by atoms with Crippen molar-refractivity contribution in [2.75, 3.05) is 27.7 Å². The third kappa shape index (κ3) is 6.11. The highest BCUT2D eigenvalue weighted by Crippen LogP contribution is 2.49. The molecule has 1 aromatic heterocycles. The summed E-state index contributed by atoms with van der Waals surface area (Å²) >= 11 is 19.3. The van der Waals surface area contributed by atoms with Crippen molar-refractivity contribution in [2.45, 2.75) is 17.9 Å². The summed E-state index contributed by atoms with van der Waals surface area (Å²) in [6.07, 6.45) is 2.15. The molecule has 0 radical (unpaired) electrons. The second kappa shape index (κ2) is 11.8. The van der Waals surface area contributed by atoms with Crippen molar-refractivity contribution in [2.24, 2.45) is 0 Å². The number of aliphatic hydroxyl groups is 1. The number of hydrogen-bond acceptors (Lipinski definition) is 4. The molecular formula is C30H29Cl3N2O2. The van der Waals surface area contributed by atoms with Crippen LogP contribution in [0.4, 0.5) is 0 Å². The third-order valence-electron chi connectivity index (χ3n) is 6.51. The molecular weight excluding hydrogens is 527 g/mol. The molecule has 0 aliphatic rings. The summed E-state index contributed by atoms with van der Waals surface area (Å²) < 4.78 is 5.76. The van der Waals surface area contributed by atoms with Gasteiger partial charge in [-0.15, -0.1) is 0 Å². The van der Waals surface area contributed by atoms with Crippen molar-refractivity contribution in [1.82, 2.24) is 9.88 Å². The summed E-state index contributed by atoms with van der Waals surface area (Å²) in [7, 11) is 5.53. The lowest BCUT2D eigenvalue weighted by Crippen LogP contribution is -2.38. The number of pyridine rings is 1.